The number of carbonyl (C=O) groups is 3. The standard InChI is InChI=1S/C16H15F3N2O4/c1-8-6-4-5-7-10(8)12(22)21-15(16(17,18)19)11(13(23)25-3)9(2)20-14(15)24/h4-7H,1-3H3,(H,20,24)(H,21,22)/t15-/m0/s1. The van der Waals surface area contributed by atoms with E-state index in [1.807, 2.05) is 5.32 Å². The van der Waals surface area contributed by atoms with Crippen molar-refractivity contribution >= 4 is 17.8 Å². The Morgan fingerprint density at radius 2 is 1.80 bits per heavy atom. The molecule has 25 heavy (non-hydrogen) atoms. The van der Waals surface area contributed by atoms with Crippen LogP contribution < -0.4 is 10.6 Å². The first-order valence-corrected chi connectivity index (χ1v) is 7.12. The zero-order valence-electron chi connectivity index (χ0n) is 13.6. The third-order valence-electron chi connectivity index (χ3n) is 3.90. The highest BCUT2D eigenvalue weighted by Crippen LogP contribution is 2.41. The van der Waals surface area contributed by atoms with Gasteiger partial charge in [0.25, 0.3) is 11.8 Å². The second kappa shape index (κ2) is 6.23. The molecule has 134 valence electrons. The number of hydrogen-bond acceptors (Lipinski definition) is 4. The fraction of sp³-hybridized carbons (Fsp3) is 0.312. The molecule has 0 spiro atoms. The largest absolute Gasteiger partial charge is 0.466 e. The van der Waals surface area contributed by atoms with Gasteiger partial charge >= 0.3 is 12.1 Å². The Balaban J connectivity index is 2.60. The van der Waals surface area contributed by atoms with Crippen molar-refractivity contribution in [3.8, 4) is 0 Å². The number of alkyl halides is 3. The number of hydrogen-bond donors (Lipinski definition) is 2. The van der Waals surface area contributed by atoms with Gasteiger partial charge in [0, 0.05) is 11.3 Å². The van der Waals surface area contributed by atoms with Gasteiger partial charge in [-0.1, -0.05) is 18.2 Å². The molecule has 1 heterocycles. The first-order chi connectivity index (χ1) is 11.6. The van der Waals surface area contributed by atoms with Gasteiger partial charge in [-0.3, -0.25) is 9.59 Å². The van der Waals surface area contributed by atoms with Crippen molar-refractivity contribution in [3.05, 3.63) is 46.7 Å². The van der Waals surface area contributed by atoms with Crippen molar-refractivity contribution in [3.63, 3.8) is 0 Å². The van der Waals surface area contributed by atoms with E-state index in [1.54, 1.807) is 11.4 Å². The van der Waals surface area contributed by atoms with Crippen LogP contribution >= 0.6 is 0 Å². The third kappa shape index (κ3) is 2.86. The Morgan fingerprint density at radius 1 is 1.20 bits per heavy atom. The number of rotatable bonds is 3. The number of allylic oxidation sites excluding steroid dienone is 1. The molecule has 2 amide bonds. The summed E-state index contributed by atoms with van der Waals surface area (Å²) < 4.78 is 45.9. The lowest BCUT2D eigenvalue weighted by Crippen LogP contribution is -2.66. The molecule has 0 aromatic heterocycles. The van der Waals surface area contributed by atoms with Crippen LogP contribution in [0.4, 0.5) is 13.2 Å². The van der Waals surface area contributed by atoms with E-state index in [4.69, 9.17) is 0 Å². The Bertz CT molecular complexity index is 786. The second-order valence-electron chi connectivity index (χ2n) is 5.46. The van der Waals surface area contributed by atoms with Gasteiger partial charge in [-0.15, -0.1) is 0 Å². The maximum absolute atomic E-state index is 13.8. The number of aryl methyl sites for hydroxylation is 1. The fourth-order valence-electron chi connectivity index (χ4n) is 2.66. The molecule has 1 atom stereocenters. The topological polar surface area (TPSA) is 84.5 Å². The number of benzene rings is 1. The average molecular weight is 356 g/mol. The van der Waals surface area contributed by atoms with Crippen LogP contribution in [0.5, 0.6) is 0 Å². The van der Waals surface area contributed by atoms with E-state index in [-0.39, 0.29) is 11.3 Å². The molecule has 2 rings (SSSR count). The van der Waals surface area contributed by atoms with Crippen molar-refractivity contribution in [1.29, 1.82) is 0 Å². The number of ether oxygens (including phenoxy) is 1. The smallest absolute Gasteiger partial charge is 0.425 e. The van der Waals surface area contributed by atoms with Crippen LogP contribution in [-0.2, 0) is 14.3 Å². The first kappa shape index (κ1) is 18.5. The van der Waals surface area contributed by atoms with Gasteiger partial charge in [0.1, 0.15) is 5.57 Å². The molecule has 2 N–H and O–H groups in total. The van der Waals surface area contributed by atoms with Crippen molar-refractivity contribution in [2.75, 3.05) is 7.11 Å². The number of carbonyl (C=O) groups excluding carboxylic acids is 3. The van der Waals surface area contributed by atoms with Gasteiger partial charge in [-0.05, 0) is 25.5 Å². The van der Waals surface area contributed by atoms with Crippen molar-refractivity contribution < 1.29 is 32.3 Å². The van der Waals surface area contributed by atoms with Gasteiger partial charge in [0.15, 0.2) is 0 Å². The molecule has 0 aliphatic carbocycles. The molecule has 0 fully saturated rings. The van der Waals surface area contributed by atoms with Crippen LogP contribution in [-0.4, -0.2) is 36.6 Å². The van der Waals surface area contributed by atoms with E-state index < -0.39 is 35.1 Å². The van der Waals surface area contributed by atoms with Crippen molar-refractivity contribution in [1.82, 2.24) is 10.6 Å². The summed E-state index contributed by atoms with van der Waals surface area (Å²) in [5.74, 6) is -4.07. The highest BCUT2D eigenvalue weighted by Gasteiger charge is 2.69. The summed E-state index contributed by atoms with van der Waals surface area (Å²) >= 11 is 0. The lowest BCUT2D eigenvalue weighted by atomic mass is 9.88. The number of nitrogens with one attached hydrogen (secondary N) is 2. The summed E-state index contributed by atoms with van der Waals surface area (Å²) in [7, 11) is 0.885. The van der Waals surface area contributed by atoms with Crippen LogP contribution in [0.3, 0.4) is 0 Å². The number of amides is 2. The molecule has 0 radical (unpaired) electrons. The minimum atomic E-state index is -5.27. The van der Waals surface area contributed by atoms with E-state index in [2.05, 4.69) is 4.74 Å². The normalized spacial score (nSPS) is 20.3. The second-order valence-corrected chi connectivity index (χ2v) is 5.46. The molecule has 0 unspecified atom stereocenters. The predicted octanol–water partition coefficient (Wildman–Crippen LogP) is 1.60. The molecule has 0 bridgehead atoms. The average Bonchev–Trinajstić information content (AvgIpc) is 2.77. The van der Waals surface area contributed by atoms with Gasteiger partial charge in [0.2, 0.25) is 5.54 Å². The van der Waals surface area contributed by atoms with Crippen LogP contribution in [0.2, 0.25) is 0 Å². The van der Waals surface area contributed by atoms with E-state index in [9.17, 15) is 27.6 Å². The monoisotopic (exact) mass is 356 g/mol. The van der Waals surface area contributed by atoms with Crippen molar-refractivity contribution in [2.45, 2.75) is 25.6 Å². The Kier molecular flexibility index (Phi) is 4.61. The van der Waals surface area contributed by atoms with Crippen LogP contribution in [0.15, 0.2) is 35.5 Å². The van der Waals surface area contributed by atoms with Crippen LogP contribution in [0.25, 0.3) is 0 Å². The minimum absolute atomic E-state index is 0.0484. The summed E-state index contributed by atoms with van der Waals surface area (Å²) in [6.45, 7) is 2.66. The van der Waals surface area contributed by atoms with Crippen LogP contribution in [0, 0.1) is 6.92 Å². The molecular weight excluding hydrogens is 341 g/mol. The van der Waals surface area contributed by atoms with E-state index >= 15 is 0 Å². The highest BCUT2D eigenvalue weighted by molar-refractivity contribution is 6.11. The zero-order chi connectivity index (χ0) is 19.0. The molecule has 6 nitrogen and oxygen atoms in total. The molecular formula is C16H15F3N2O4. The number of halogens is 3. The van der Waals surface area contributed by atoms with Gasteiger partial charge in [-0.2, -0.15) is 13.2 Å². The number of esters is 1. The van der Waals surface area contributed by atoms with E-state index in [0.717, 1.165) is 14.0 Å². The maximum atomic E-state index is 13.8. The maximum Gasteiger partial charge on any atom is 0.425 e. The summed E-state index contributed by atoms with van der Waals surface area (Å²) in [6.07, 6.45) is -5.27. The molecule has 1 aliphatic rings. The summed E-state index contributed by atoms with van der Waals surface area (Å²) in [4.78, 5) is 36.5. The van der Waals surface area contributed by atoms with Crippen molar-refractivity contribution in [2.24, 2.45) is 0 Å². The summed E-state index contributed by atoms with van der Waals surface area (Å²) in [5, 5.41) is 3.66. The predicted molar refractivity (Wildman–Crippen MR) is 80.3 cm³/mol. The first-order valence-electron chi connectivity index (χ1n) is 7.12. The Hall–Kier alpha value is -2.84. The molecule has 0 saturated carbocycles. The van der Waals surface area contributed by atoms with Crippen LogP contribution in [0.1, 0.15) is 22.8 Å². The molecule has 0 saturated heterocycles. The molecule has 1 aliphatic heterocycles. The van der Waals surface area contributed by atoms with Gasteiger partial charge in [-0.25, -0.2) is 4.79 Å². The lowest BCUT2D eigenvalue weighted by molar-refractivity contribution is -0.188. The molecule has 1 aromatic rings. The molecule has 1 aromatic carbocycles. The third-order valence-corrected chi connectivity index (χ3v) is 3.90. The molecule has 9 heteroatoms. The Labute approximate surface area is 141 Å². The quantitative estimate of drug-likeness (QED) is 0.806. The van der Waals surface area contributed by atoms with Gasteiger partial charge < -0.3 is 15.4 Å². The number of methoxy groups -OCH3 is 1. The van der Waals surface area contributed by atoms with Gasteiger partial charge in [0.05, 0.1) is 7.11 Å². The highest BCUT2D eigenvalue weighted by atomic mass is 19.4. The fourth-order valence-corrected chi connectivity index (χ4v) is 2.66. The zero-order valence-corrected chi connectivity index (χ0v) is 13.6. The summed E-state index contributed by atoms with van der Waals surface area (Å²) in [6, 6.07) is 5.93. The Morgan fingerprint density at radius 3 is 2.32 bits per heavy atom. The lowest BCUT2D eigenvalue weighted by Gasteiger charge is -2.31. The van der Waals surface area contributed by atoms with E-state index in [0.29, 0.717) is 5.56 Å². The SMILES string of the molecule is COC(=O)C1=C(C)NC(=O)[C@]1(NC(=O)c1ccccc1C)C(F)(F)F. The minimum Gasteiger partial charge on any atom is -0.466 e. The van der Waals surface area contributed by atoms with E-state index in [1.165, 1.54) is 25.1 Å². The summed E-state index contributed by atoms with van der Waals surface area (Å²) in [5.41, 5.74) is -4.48.